The van der Waals surface area contributed by atoms with Crippen molar-refractivity contribution in [3.63, 3.8) is 0 Å². The first-order chi connectivity index (χ1) is 17.5. The van der Waals surface area contributed by atoms with Crippen molar-refractivity contribution < 1.29 is 33.8 Å². The minimum atomic E-state index is -1.23. The lowest BCUT2D eigenvalue weighted by Crippen LogP contribution is -2.54. The van der Waals surface area contributed by atoms with Crippen LogP contribution >= 0.6 is 0 Å². The molecule has 2 fully saturated rings. The number of carboxylic acid groups (broad SMARTS) is 1. The van der Waals surface area contributed by atoms with Crippen molar-refractivity contribution in [2.24, 2.45) is 29.4 Å². The summed E-state index contributed by atoms with van der Waals surface area (Å²) in [6, 6.07) is -2.04. The lowest BCUT2D eigenvalue weighted by atomic mass is 9.98. The Balaban J connectivity index is 1.93. The van der Waals surface area contributed by atoms with Crippen molar-refractivity contribution >= 4 is 29.8 Å². The lowest BCUT2D eigenvalue weighted by molar-refractivity contribution is -0.138. The molecular weight excluding hydrogens is 480 g/mol. The predicted molar refractivity (Wildman–Crippen MR) is 136 cm³/mol. The van der Waals surface area contributed by atoms with Crippen LogP contribution in [0.4, 0.5) is 4.79 Å². The Labute approximate surface area is 218 Å². The van der Waals surface area contributed by atoms with Crippen molar-refractivity contribution in [2.45, 2.75) is 83.7 Å². The number of carboxylic acids is 1. The van der Waals surface area contributed by atoms with Crippen LogP contribution in [0, 0.1) is 23.7 Å². The van der Waals surface area contributed by atoms with Crippen molar-refractivity contribution in [3.8, 4) is 0 Å². The fraction of sp³-hybridized carbons (Fsp3) is 0.731. The van der Waals surface area contributed by atoms with Crippen molar-refractivity contribution in [3.05, 3.63) is 12.2 Å². The third-order valence-corrected chi connectivity index (χ3v) is 7.09. The Kier molecular flexibility index (Phi) is 11.9. The SMILES string of the molecule is C=C1CCC[C@@H]2C(COC(=O)N[C@@H](CC(C)C)C(=O)N[C@@H](CCCC(N)=O)C(=O)NCC(=O)O)[C@@H]2CC1. The number of allylic oxidation sites excluding steroid dienone is 1. The summed E-state index contributed by atoms with van der Waals surface area (Å²) in [5, 5.41) is 16.3. The van der Waals surface area contributed by atoms with E-state index in [9.17, 15) is 24.0 Å². The van der Waals surface area contributed by atoms with Crippen LogP contribution in [0.1, 0.15) is 71.6 Å². The van der Waals surface area contributed by atoms with Gasteiger partial charge in [-0.05, 0) is 75.0 Å². The fourth-order valence-electron chi connectivity index (χ4n) is 5.08. The molecular formula is C26H42N4O7. The average molecular weight is 523 g/mol. The highest BCUT2D eigenvalue weighted by Crippen LogP contribution is 2.53. The van der Waals surface area contributed by atoms with Crippen molar-refractivity contribution in [1.29, 1.82) is 0 Å². The van der Waals surface area contributed by atoms with Crippen LogP contribution in [0.25, 0.3) is 0 Å². The van der Waals surface area contributed by atoms with Crippen molar-refractivity contribution in [2.75, 3.05) is 13.2 Å². The van der Waals surface area contributed by atoms with E-state index >= 15 is 0 Å². The number of nitrogens with one attached hydrogen (secondary N) is 3. The number of carbonyl (C=O) groups excluding carboxylic acids is 4. The second kappa shape index (κ2) is 14.6. The zero-order valence-corrected chi connectivity index (χ0v) is 21.9. The Bertz CT molecular complexity index is 860. The van der Waals surface area contributed by atoms with E-state index in [4.69, 9.17) is 15.6 Å². The number of alkyl carbamates (subject to hydrolysis) is 1. The number of ether oxygens (including phenoxy) is 1. The van der Waals surface area contributed by atoms with E-state index in [2.05, 4.69) is 22.5 Å². The zero-order valence-electron chi connectivity index (χ0n) is 21.9. The molecule has 0 spiro atoms. The molecule has 0 bridgehead atoms. The van der Waals surface area contributed by atoms with E-state index in [0.717, 1.165) is 32.1 Å². The van der Waals surface area contributed by atoms with Crippen molar-refractivity contribution in [1.82, 2.24) is 16.0 Å². The lowest BCUT2D eigenvalue weighted by Gasteiger charge is -2.24. The zero-order chi connectivity index (χ0) is 27.5. The number of hydrogen-bond acceptors (Lipinski definition) is 6. The highest BCUT2D eigenvalue weighted by Gasteiger charge is 2.49. The molecule has 0 aromatic heterocycles. The summed E-state index contributed by atoms with van der Waals surface area (Å²) < 4.78 is 5.49. The van der Waals surface area contributed by atoms with Gasteiger partial charge in [-0.15, -0.1) is 0 Å². The molecule has 0 aromatic rings. The van der Waals surface area contributed by atoms with Gasteiger partial charge in [0.1, 0.15) is 18.6 Å². The smallest absolute Gasteiger partial charge is 0.407 e. The van der Waals surface area contributed by atoms with Gasteiger partial charge in [-0.3, -0.25) is 19.2 Å². The van der Waals surface area contributed by atoms with Gasteiger partial charge in [0.25, 0.3) is 0 Å². The van der Waals surface area contributed by atoms with Crippen LogP contribution in [-0.4, -0.2) is 60.1 Å². The van der Waals surface area contributed by atoms with E-state index in [0.29, 0.717) is 30.8 Å². The summed E-state index contributed by atoms with van der Waals surface area (Å²) in [6.45, 7) is 7.59. The van der Waals surface area contributed by atoms with Gasteiger partial charge in [0.2, 0.25) is 17.7 Å². The minimum absolute atomic E-state index is 0.00977. The van der Waals surface area contributed by atoms with Gasteiger partial charge in [0.05, 0.1) is 6.61 Å². The molecule has 2 rings (SSSR count). The summed E-state index contributed by atoms with van der Waals surface area (Å²) in [5.41, 5.74) is 6.44. The summed E-state index contributed by atoms with van der Waals surface area (Å²) in [6.07, 6.45) is 5.29. The van der Waals surface area contributed by atoms with E-state index in [1.54, 1.807) is 0 Å². The largest absolute Gasteiger partial charge is 0.480 e. The Morgan fingerprint density at radius 1 is 1.05 bits per heavy atom. The maximum Gasteiger partial charge on any atom is 0.407 e. The number of fused-ring (bicyclic) bond motifs is 1. The maximum absolute atomic E-state index is 13.0. The molecule has 0 radical (unpaired) electrons. The summed E-state index contributed by atoms with van der Waals surface area (Å²) in [7, 11) is 0. The second-order valence-electron chi connectivity index (χ2n) is 10.6. The van der Waals surface area contributed by atoms with Crippen LogP contribution in [0.5, 0.6) is 0 Å². The van der Waals surface area contributed by atoms with Gasteiger partial charge in [0, 0.05) is 6.42 Å². The fourth-order valence-corrected chi connectivity index (χ4v) is 5.08. The molecule has 4 amide bonds. The number of hydrogen-bond donors (Lipinski definition) is 5. The molecule has 0 aliphatic heterocycles. The molecule has 6 N–H and O–H groups in total. The standard InChI is InChI=1S/C26H42N4O7/c1-15(2)12-21(25(35)29-20(8-5-9-22(27)31)24(34)28-13-23(32)33)30-26(36)37-14-19-17-7-4-6-16(3)10-11-18(17)19/h15,17-21H,3-14H2,1-2H3,(H2,27,31)(H,28,34)(H,29,35)(H,30,36)(H,32,33)/t17-,18+,19?,20-,21-/m0/s1. The highest BCUT2D eigenvalue weighted by molar-refractivity contribution is 5.92. The molecule has 0 aromatic carbocycles. The first kappa shape index (κ1) is 30.1. The first-order valence-electron chi connectivity index (χ1n) is 13.2. The van der Waals surface area contributed by atoms with Gasteiger partial charge in [0.15, 0.2) is 0 Å². The highest BCUT2D eigenvalue weighted by atomic mass is 16.5. The van der Waals surface area contributed by atoms with Gasteiger partial charge in [-0.1, -0.05) is 26.0 Å². The Hall–Kier alpha value is -3.11. The van der Waals surface area contributed by atoms with E-state index < -0.39 is 48.4 Å². The second-order valence-corrected chi connectivity index (χ2v) is 10.6. The van der Waals surface area contributed by atoms with Gasteiger partial charge >= 0.3 is 12.1 Å². The molecule has 2 aliphatic carbocycles. The molecule has 5 atom stereocenters. The molecule has 37 heavy (non-hydrogen) atoms. The molecule has 0 saturated heterocycles. The number of aliphatic carboxylic acids is 1. The third-order valence-electron chi connectivity index (χ3n) is 7.09. The first-order valence-corrected chi connectivity index (χ1v) is 13.2. The summed E-state index contributed by atoms with van der Waals surface area (Å²) in [4.78, 5) is 60.0. The van der Waals surface area contributed by atoms with Gasteiger partial charge in [-0.2, -0.15) is 0 Å². The topological polar surface area (TPSA) is 177 Å². The molecule has 2 saturated carbocycles. The number of primary amides is 1. The number of rotatable bonds is 14. The summed E-state index contributed by atoms with van der Waals surface area (Å²) in [5.74, 6) is -1.57. The molecule has 1 unspecified atom stereocenters. The number of carbonyl (C=O) groups is 5. The molecule has 2 aliphatic rings. The minimum Gasteiger partial charge on any atom is -0.480 e. The van der Waals surface area contributed by atoms with E-state index in [1.165, 1.54) is 5.57 Å². The van der Waals surface area contributed by atoms with Gasteiger partial charge < -0.3 is 31.5 Å². The molecule has 11 heteroatoms. The summed E-state index contributed by atoms with van der Waals surface area (Å²) >= 11 is 0. The Morgan fingerprint density at radius 3 is 2.41 bits per heavy atom. The van der Waals surface area contributed by atoms with Crippen LogP contribution < -0.4 is 21.7 Å². The number of amides is 4. The monoisotopic (exact) mass is 522 g/mol. The predicted octanol–water partition coefficient (Wildman–Crippen LogP) is 1.85. The molecule has 0 heterocycles. The third kappa shape index (κ3) is 10.8. The average Bonchev–Trinajstić information content (AvgIpc) is 3.46. The van der Waals surface area contributed by atoms with E-state index in [1.807, 2.05) is 13.8 Å². The van der Waals surface area contributed by atoms with Crippen LogP contribution in [0.2, 0.25) is 0 Å². The van der Waals surface area contributed by atoms with Crippen LogP contribution in [0.3, 0.4) is 0 Å². The normalized spacial score (nSPS) is 22.5. The van der Waals surface area contributed by atoms with Gasteiger partial charge in [-0.25, -0.2) is 4.79 Å². The maximum atomic E-state index is 13.0. The quantitative estimate of drug-likeness (QED) is 0.216. The molecule has 11 nitrogen and oxygen atoms in total. The van der Waals surface area contributed by atoms with Crippen LogP contribution in [-0.2, 0) is 23.9 Å². The molecule has 208 valence electrons. The van der Waals surface area contributed by atoms with E-state index in [-0.39, 0.29) is 25.2 Å². The number of nitrogens with two attached hydrogens (primary N) is 1. The van der Waals surface area contributed by atoms with Crippen LogP contribution in [0.15, 0.2) is 12.2 Å². The Morgan fingerprint density at radius 2 is 1.76 bits per heavy atom.